The molecule has 0 saturated carbocycles. The van der Waals surface area contributed by atoms with Crippen LogP contribution >= 0.6 is 0 Å². The molecular formula is C18H23NO. The van der Waals surface area contributed by atoms with Gasteiger partial charge in [0.25, 0.3) is 0 Å². The van der Waals surface area contributed by atoms with Crippen LogP contribution in [-0.4, -0.2) is 6.54 Å². The van der Waals surface area contributed by atoms with E-state index in [-0.39, 0.29) is 0 Å². The van der Waals surface area contributed by atoms with Crippen molar-refractivity contribution in [3.63, 3.8) is 0 Å². The first-order chi connectivity index (χ1) is 9.81. The Morgan fingerprint density at radius 3 is 2.75 bits per heavy atom. The second-order valence-electron chi connectivity index (χ2n) is 5.60. The monoisotopic (exact) mass is 269 g/mol. The van der Waals surface area contributed by atoms with Gasteiger partial charge in [-0.25, -0.2) is 0 Å². The Balaban J connectivity index is 1.72. The molecule has 1 aliphatic rings. The number of fused-ring (bicyclic) bond motifs is 1. The Labute approximate surface area is 121 Å². The molecular weight excluding hydrogens is 246 g/mol. The number of furan rings is 1. The van der Waals surface area contributed by atoms with E-state index in [2.05, 4.69) is 55.6 Å². The topological polar surface area (TPSA) is 25.2 Å². The number of aryl methyl sites for hydroxylation is 1. The van der Waals surface area contributed by atoms with Crippen molar-refractivity contribution in [2.45, 2.75) is 45.1 Å². The quantitative estimate of drug-likeness (QED) is 0.849. The molecule has 0 fully saturated rings. The predicted octanol–water partition coefficient (Wildman–Crippen LogP) is 4.22. The van der Waals surface area contributed by atoms with Crippen LogP contribution in [0.3, 0.4) is 0 Å². The second-order valence-corrected chi connectivity index (χ2v) is 5.60. The molecule has 3 rings (SSSR count). The molecule has 0 saturated heterocycles. The minimum Gasteiger partial charge on any atom is -0.464 e. The lowest BCUT2D eigenvalue weighted by Crippen LogP contribution is -2.26. The van der Waals surface area contributed by atoms with Gasteiger partial charge in [-0.1, -0.05) is 38.1 Å². The number of hydrogen-bond donors (Lipinski definition) is 1. The van der Waals surface area contributed by atoms with Gasteiger partial charge in [0.15, 0.2) is 0 Å². The van der Waals surface area contributed by atoms with Crippen molar-refractivity contribution in [2.24, 2.45) is 0 Å². The van der Waals surface area contributed by atoms with Gasteiger partial charge in [0, 0.05) is 6.42 Å². The molecule has 0 spiro atoms. The van der Waals surface area contributed by atoms with Crippen LogP contribution in [0.2, 0.25) is 0 Å². The van der Waals surface area contributed by atoms with Crippen molar-refractivity contribution in [1.82, 2.24) is 5.32 Å². The van der Waals surface area contributed by atoms with E-state index in [4.69, 9.17) is 4.42 Å². The Morgan fingerprint density at radius 2 is 2.05 bits per heavy atom. The van der Waals surface area contributed by atoms with E-state index in [1.54, 1.807) is 0 Å². The fourth-order valence-electron chi connectivity index (χ4n) is 3.18. The first kappa shape index (κ1) is 13.4. The number of hydrogen-bond acceptors (Lipinski definition) is 2. The molecule has 2 heteroatoms. The maximum absolute atomic E-state index is 5.94. The van der Waals surface area contributed by atoms with Crippen molar-refractivity contribution in [3.8, 4) is 0 Å². The lowest BCUT2D eigenvalue weighted by molar-refractivity contribution is 0.356. The van der Waals surface area contributed by atoms with Crippen LogP contribution in [0.25, 0.3) is 0 Å². The minimum atomic E-state index is 0.332. The molecule has 2 atom stereocenters. The summed E-state index contributed by atoms with van der Waals surface area (Å²) in [6.45, 7) is 5.26. The van der Waals surface area contributed by atoms with Gasteiger partial charge in [-0.15, -0.1) is 0 Å². The average Bonchev–Trinajstić information content (AvgIpc) is 2.92. The molecule has 0 bridgehead atoms. The largest absolute Gasteiger partial charge is 0.464 e. The molecule has 20 heavy (non-hydrogen) atoms. The van der Waals surface area contributed by atoms with E-state index in [1.165, 1.54) is 17.5 Å². The van der Waals surface area contributed by atoms with E-state index >= 15 is 0 Å². The number of nitrogens with one attached hydrogen (secondary N) is 1. The summed E-state index contributed by atoms with van der Waals surface area (Å²) in [6.07, 6.45) is 3.30. The molecule has 2 unspecified atom stereocenters. The molecule has 1 aliphatic carbocycles. The summed E-state index contributed by atoms with van der Waals surface area (Å²) in [5, 5.41) is 3.57. The van der Waals surface area contributed by atoms with Gasteiger partial charge in [0.1, 0.15) is 11.5 Å². The molecule has 0 amide bonds. The van der Waals surface area contributed by atoms with Gasteiger partial charge in [-0.05, 0) is 48.6 Å². The van der Waals surface area contributed by atoms with Gasteiger partial charge < -0.3 is 9.73 Å². The Bertz CT molecular complexity index is 572. The average molecular weight is 269 g/mol. The maximum atomic E-state index is 5.94. The normalized spacial score (nSPS) is 18.4. The lowest BCUT2D eigenvalue weighted by atomic mass is 9.74. The highest BCUT2D eigenvalue weighted by Crippen LogP contribution is 2.40. The molecule has 106 valence electrons. The summed E-state index contributed by atoms with van der Waals surface area (Å²) in [7, 11) is 0. The van der Waals surface area contributed by atoms with Crippen molar-refractivity contribution in [3.05, 3.63) is 59.0 Å². The van der Waals surface area contributed by atoms with E-state index in [0.717, 1.165) is 30.9 Å². The zero-order chi connectivity index (χ0) is 13.9. The van der Waals surface area contributed by atoms with Crippen molar-refractivity contribution in [1.29, 1.82) is 0 Å². The van der Waals surface area contributed by atoms with Crippen LogP contribution in [0, 0.1) is 0 Å². The van der Waals surface area contributed by atoms with Gasteiger partial charge in [0.2, 0.25) is 0 Å². The third kappa shape index (κ3) is 2.53. The Morgan fingerprint density at radius 1 is 1.20 bits per heavy atom. The van der Waals surface area contributed by atoms with E-state index in [9.17, 15) is 0 Å². The van der Waals surface area contributed by atoms with Crippen LogP contribution in [-0.2, 0) is 12.8 Å². The van der Waals surface area contributed by atoms with Crippen molar-refractivity contribution < 1.29 is 4.42 Å². The SMILES string of the molecule is CCNC(CC1Cc2ccccc21)c1ccc(CC)o1. The van der Waals surface area contributed by atoms with Gasteiger partial charge >= 0.3 is 0 Å². The maximum Gasteiger partial charge on any atom is 0.121 e. The first-order valence-electron chi connectivity index (χ1n) is 7.71. The van der Waals surface area contributed by atoms with Crippen LogP contribution < -0.4 is 5.32 Å². The third-order valence-electron chi connectivity index (χ3n) is 4.31. The fraction of sp³-hybridized carbons (Fsp3) is 0.444. The highest BCUT2D eigenvalue weighted by atomic mass is 16.3. The zero-order valence-electron chi connectivity index (χ0n) is 12.4. The van der Waals surface area contributed by atoms with Crippen molar-refractivity contribution in [2.75, 3.05) is 6.54 Å². The van der Waals surface area contributed by atoms with E-state index in [1.807, 2.05) is 0 Å². The summed E-state index contributed by atoms with van der Waals surface area (Å²) >= 11 is 0. The third-order valence-corrected chi connectivity index (χ3v) is 4.31. The van der Waals surface area contributed by atoms with Gasteiger partial charge in [-0.2, -0.15) is 0 Å². The predicted molar refractivity (Wildman–Crippen MR) is 82.0 cm³/mol. The molecule has 1 N–H and O–H groups in total. The number of benzene rings is 1. The highest BCUT2D eigenvalue weighted by molar-refractivity contribution is 5.40. The first-order valence-corrected chi connectivity index (χ1v) is 7.71. The summed E-state index contributed by atoms with van der Waals surface area (Å²) < 4.78 is 5.94. The summed E-state index contributed by atoms with van der Waals surface area (Å²) in [5.74, 6) is 2.84. The van der Waals surface area contributed by atoms with E-state index in [0.29, 0.717) is 12.0 Å². The van der Waals surface area contributed by atoms with E-state index < -0.39 is 0 Å². The molecule has 1 heterocycles. The molecule has 0 aliphatic heterocycles. The summed E-state index contributed by atoms with van der Waals surface area (Å²) in [5.41, 5.74) is 3.04. The summed E-state index contributed by atoms with van der Waals surface area (Å²) in [6, 6.07) is 13.4. The highest BCUT2D eigenvalue weighted by Gasteiger charge is 2.29. The number of rotatable bonds is 6. The Kier molecular flexibility index (Phi) is 3.93. The van der Waals surface area contributed by atoms with Gasteiger partial charge in [0.05, 0.1) is 6.04 Å². The zero-order valence-corrected chi connectivity index (χ0v) is 12.4. The molecule has 2 nitrogen and oxygen atoms in total. The molecule has 2 aromatic rings. The molecule has 1 aromatic carbocycles. The van der Waals surface area contributed by atoms with Crippen LogP contribution in [0.1, 0.15) is 54.9 Å². The van der Waals surface area contributed by atoms with Crippen molar-refractivity contribution >= 4 is 0 Å². The lowest BCUT2D eigenvalue weighted by Gasteiger charge is -2.32. The van der Waals surface area contributed by atoms with Crippen LogP contribution in [0.15, 0.2) is 40.8 Å². The smallest absolute Gasteiger partial charge is 0.121 e. The second kappa shape index (κ2) is 5.84. The summed E-state index contributed by atoms with van der Waals surface area (Å²) in [4.78, 5) is 0. The minimum absolute atomic E-state index is 0.332. The fourth-order valence-corrected chi connectivity index (χ4v) is 3.18. The molecule has 0 radical (unpaired) electrons. The molecule has 1 aromatic heterocycles. The van der Waals surface area contributed by atoms with Gasteiger partial charge in [-0.3, -0.25) is 0 Å². The van der Waals surface area contributed by atoms with Crippen LogP contribution in [0.5, 0.6) is 0 Å². The standard InChI is InChI=1S/C18H23NO/c1-3-15-9-10-18(20-15)17(19-4-2)12-14-11-13-7-5-6-8-16(13)14/h5-10,14,17,19H,3-4,11-12H2,1-2H3. The van der Waals surface area contributed by atoms with Crippen LogP contribution in [0.4, 0.5) is 0 Å². The Hall–Kier alpha value is -1.54.